The summed E-state index contributed by atoms with van der Waals surface area (Å²) in [6, 6.07) is 24.2. The van der Waals surface area contributed by atoms with Crippen molar-refractivity contribution in [2.45, 2.75) is 110 Å². The summed E-state index contributed by atoms with van der Waals surface area (Å²) in [5, 5.41) is 10.6. The van der Waals surface area contributed by atoms with Gasteiger partial charge in [-0.3, -0.25) is 0 Å². The fourth-order valence-corrected chi connectivity index (χ4v) is 5.25. The summed E-state index contributed by atoms with van der Waals surface area (Å²) in [6.07, 6.45) is 21.9. The van der Waals surface area contributed by atoms with Crippen molar-refractivity contribution < 1.29 is 9.84 Å². The third kappa shape index (κ3) is 10.9. The van der Waals surface area contributed by atoms with Crippen LogP contribution in [0.15, 0.2) is 72.8 Å². The van der Waals surface area contributed by atoms with Crippen molar-refractivity contribution in [1.82, 2.24) is 0 Å². The number of phenolic OH excluding ortho intramolecular Hbond substituents is 1. The Kier molecular flexibility index (Phi) is 14.5. The number of ether oxygens (including phenoxy) is 1. The van der Waals surface area contributed by atoms with Crippen LogP contribution in [0.5, 0.6) is 11.5 Å². The van der Waals surface area contributed by atoms with Gasteiger partial charge in [-0.2, -0.15) is 0 Å². The van der Waals surface area contributed by atoms with E-state index in [1.54, 1.807) is 6.07 Å². The van der Waals surface area contributed by atoms with Gasteiger partial charge in [0.2, 0.25) is 0 Å². The molecule has 0 unspecified atom stereocenters. The smallest absolute Gasteiger partial charge is 0.123 e. The van der Waals surface area contributed by atoms with Gasteiger partial charge in [0.15, 0.2) is 0 Å². The van der Waals surface area contributed by atoms with Crippen LogP contribution >= 0.6 is 0 Å². The summed E-state index contributed by atoms with van der Waals surface area (Å²) in [5.41, 5.74) is 4.08. The maximum Gasteiger partial charge on any atom is 0.123 e. The van der Waals surface area contributed by atoms with E-state index in [-0.39, 0.29) is 5.75 Å². The molecule has 0 spiro atoms. The average Bonchev–Trinajstić information content (AvgIpc) is 2.96. The maximum absolute atomic E-state index is 10.6. The van der Waals surface area contributed by atoms with Crippen LogP contribution in [0.25, 0.3) is 22.3 Å². The number of hydrogen-bond donors (Lipinski definition) is 1. The minimum atomic E-state index is 0.281. The monoisotopic (exact) mass is 514 g/mol. The molecule has 3 aromatic rings. The van der Waals surface area contributed by atoms with E-state index in [9.17, 15) is 5.11 Å². The Hall–Kier alpha value is -2.74. The van der Waals surface area contributed by atoms with Crippen LogP contribution < -0.4 is 4.74 Å². The minimum absolute atomic E-state index is 0.281. The normalized spacial score (nSPS) is 11.1. The predicted molar refractivity (Wildman–Crippen MR) is 164 cm³/mol. The van der Waals surface area contributed by atoms with Crippen molar-refractivity contribution in [3.63, 3.8) is 0 Å². The second-order valence-electron chi connectivity index (χ2n) is 10.7. The average molecular weight is 515 g/mol. The van der Waals surface area contributed by atoms with Gasteiger partial charge in [-0.1, -0.05) is 158 Å². The van der Waals surface area contributed by atoms with Crippen LogP contribution in [0.3, 0.4) is 0 Å². The Morgan fingerprint density at radius 2 is 1.00 bits per heavy atom. The zero-order valence-corrected chi connectivity index (χ0v) is 23.8. The van der Waals surface area contributed by atoms with Crippen molar-refractivity contribution in [2.24, 2.45) is 0 Å². The Labute approximate surface area is 232 Å². The predicted octanol–water partition coefficient (Wildman–Crippen LogP) is 11.4. The Morgan fingerprint density at radius 1 is 0.500 bits per heavy atom. The van der Waals surface area contributed by atoms with Crippen molar-refractivity contribution in [2.75, 3.05) is 6.61 Å². The Balaban J connectivity index is 1.28. The topological polar surface area (TPSA) is 29.5 Å². The van der Waals surface area contributed by atoms with E-state index in [1.165, 1.54) is 96.3 Å². The molecular formula is C36H50O2. The fourth-order valence-electron chi connectivity index (χ4n) is 5.25. The lowest BCUT2D eigenvalue weighted by Crippen LogP contribution is -1.98. The van der Waals surface area contributed by atoms with E-state index < -0.39 is 0 Å². The number of unbranched alkanes of at least 4 members (excludes halogenated alkanes) is 15. The molecule has 0 aromatic heterocycles. The van der Waals surface area contributed by atoms with E-state index in [4.69, 9.17) is 4.74 Å². The third-order valence-corrected chi connectivity index (χ3v) is 7.54. The minimum Gasteiger partial charge on any atom is -0.507 e. The van der Waals surface area contributed by atoms with Crippen LogP contribution in [-0.2, 0) is 0 Å². The van der Waals surface area contributed by atoms with Gasteiger partial charge in [-0.25, -0.2) is 0 Å². The van der Waals surface area contributed by atoms with Gasteiger partial charge in [0.05, 0.1) is 6.61 Å². The van der Waals surface area contributed by atoms with E-state index in [0.29, 0.717) is 0 Å². The molecule has 3 rings (SSSR count). The number of phenols is 1. The molecular weight excluding hydrogens is 464 g/mol. The standard InChI is InChI=1S/C36H50O2/c1-2-3-4-5-6-7-8-9-10-11-12-13-14-15-16-22-29-38-32-27-28-36(37)35(30-32)34-26-21-20-25-33(34)31-23-18-17-19-24-31/h17-21,23-28,30,37H,2-16,22,29H2,1H3. The van der Waals surface area contributed by atoms with Crippen LogP contribution in [0.2, 0.25) is 0 Å². The van der Waals surface area contributed by atoms with E-state index in [1.807, 2.05) is 42.5 Å². The molecule has 0 saturated heterocycles. The molecule has 0 heterocycles. The highest BCUT2D eigenvalue weighted by Gasteiger charge is 2.12. The number of aromatic hydroxyl groups is 1. The zero-order chi connectivity index (χ0) is 26.7. The maximum atomic E-state index is 10.6. The lowest BCUT2D eigenvalue weighted by Gasteiger charge is -2.14. The SMILES string of the molecule is CCCCCCCCCCCCCCCCCCOc1ccc(O)c(-c2ccccc2-c2ccccc2)c1. The molecule has 0 fully saturated rings. The number of hydrogen-bond acceptors (Lipinski definition) is 2. The van der Waals surface area contributed by atoms with Crippen molar-refractivity contribution in [3.05, 3.63) is 72.8 Å². The Bertz CT molecular complexity index is 1010. The highest BCUT2D eigenvalue weighted by molar-refractivity contribution is 5.86. The molecule has 0 aliphatic heterocycles. The second-order valence-corrected chi connectivity index (χ2v) is 10.7. The molecule has 0 atom stereocenters. The summed E-state index contributed by atoms with van der Waals surface area (Å²) < 4.78 is 6.08. The van der Waals surface area contributed by atoms with Gasteiger partial charge in [-0.15, -0.1) is 0 Å². The first-order valence-corrected chi connectivity index (χ1v) is 15.4. The summed E-state index contributed by atoms with van der Waals surface area (Å²) in [7, 11) is 0. The molecule has 2 heteroatoms. The number of benzene rings is 3. The van der Waals surface area contributed by atoms with Crippen LogP contribution in [0, 0.1) is 0 Å². The largest absolute Gasteiger partial charge is 0.507 e. The van der Waals surface area contributed by atoms with E-state index in [2.05, 4.69) is 31.2 Å². The lowest BCUT2D eigenvalue weighted by atomic mass is 9.94. The fraction of sp³-hybridized carbons (Fsp3) is 0.500. The highest BCUT2D eigenvalue weighted by atomic mass is 16.5. The highest BCUT2D eigenvalue weighted by Crippen LogP contribution is 2.38. The van der Waals surface area contributed by atoms with Gasteiger partial charge in [0.25, 0.3) is 0 Å². The first-order valence-electron chi connectivity index (χ1n) is 15.4. The summed E-state index contributed by atoms with van der Waals surface area (Å²) >= 11 is 0. The molecule has 3 aromatic carbocycles. The lowest BCUT2D eigenvalue weighted by molar-refractivity contribution is 0.304. The van der Waals surface area contributed by atoms with Crippen LogP contribution in [0.4, 0.5) is 0 Å². The van der Waals surface area contributed by atoms with Crippen molar-refractivity contribution in [3.8, 4) is 33.8 Å². The number of rotatable bonds is 20. The summed E-state index contributed by atoms with van der Waals surface area (Å²) in [6.45, 7) is 3.01. The molecule has 2 nitrogen and oxygen atoms in total. The van der Waals surface area contributed by atoms with Crippen LogP contribution in [-0.4, -0.2) is 11.7 Å². The summed E-state index contributed by atoms with van der Waals surface area (Å²) in [4.78, 5) is 0. The van der Waals surface area contributed by atoms with Gasteiger partial charge < -0.3 is 9.84 Å². The molecule has 0 saturated carbocycles. The van der Waals surface area contributed by atoms with Gasteiger partial charge in [0.1, 0.15) is 11.5 Å². The van der Waals surface area contributed by atoms with E-state index >= 15 is 0 Å². The molecule has 0 bridgehead atoms. The van der Waals surface area contributed by atoms with Gasteiger partial charge >= 0.3 is 0 Å². The zero-order valence-electron chi connectivity index (χ0n) is 23.8. The first-order chi connectivity index (χ1) is 18.8. The van der Waals surface area contributed by atoms with Crippen LogP contribution in [0.1, 0.15) is 110 Å². The summed E-state index contributed by atoms with van der Waals surface area (Å²) in [5.74, 6) is 1.10. The molecule has 206 valence electrons. The first kappa shape index (κ1) is 29.8. The van der Waals surface area contributed by atoms with E-state index in [0.717, 1.165) is 41.0 Å². The van der Waals surface area contributed by atoms with Crippen molar-refractivity contribution >= 4 is 0 Å². The quantitative estimate of drug-likeness (QED) is 0.152. The molecule has 0 amide bonds. The molecule has 0 aliphatic carbocycles. The van der Waals surface area contributed by atoms with Gasteiger partial charge in [-0.05, 0) is 41.3 Å². The second kappa shape index (κ2) is 18.5. The van der Waals surface area contributed by atoms with Gasteiger partial charge in [0, 0.05) is 5.56 Å². The molecule has 0 aliphatic rings. The van der Waals surface area contributed by atoms with Crippen molar-refractivity contribution in [1.29, 1.82) is 0 Å². The molecule has 0 radical (unpaired) electrons. The molecule has 1 N–H and O–H groups in total. The Morgan fingerprint density at radius 3 is 1.58 bits per heavy atom. The molecule has 38 heavy (non-hydrogen) atoms. The third-order valence-electron chi connectivity index (χ3n) is 7.54.